The van der Waals surface area contributed by atoms with Gasteiger partial charge in [-0.15, -0.1) is 11.8 Å². The predicted octanol–water partition coefficient (Wildman–Crippen LogP) is 5.32. The smallest absolute Gasteiger partial charge is 0.258 e. The van der Waals surface area contributed by atoms with Crippen molar-refractivity contribution in [1.82, 2.24) is 20.0 Å². The molecule has 5 rings (SSSR count). The van der Waals surface area contributed by atoms with Gasteiger partial charge in [-0.1, -0.05) is 47.5 Å². The highest BCUT2D eigenvalue weighted by molar-refractivity contribution is 8.00. The van der Waals surface area contributed by atoms with Crippen LogP contribution in [0.2, 0.25) is 10.0 Å². The fraction of sp³-hybridized carbons (Fsp3) is 0.125. The molecule has 1 atom stereocenters. The Hall–Kier alpha value is -3.00. The molecule has 33 heavy (non-hydrogen) atoms. The molecule has 1 aromatic heterocycles. The number of hydrogen-bond donors (Lipinski definition) is 1. The van der Waals surface area contributed by atoms with Crippen LogP contribution in [0.3, 0.4) is 0 Å². The van der Waals surface area contributed by atoms with E-state index in [4.69, 9.17) is 28.2 Å². The first-order valence-corrected chi connectivity index (χ1v) is 12.0. The van der Waals surface area contributed by atoms with Gasteiger partial charge in [0.15, 0.2) is 0 Å². The number of benzene rings is 3. The summed E-state index contributed by atoms with van der Waals surface area (Å²) in [6.07, 6.45) is 0. The third kappa shape index (κ3) is 4.44. The highest BCUT2D eigenvalue weighted by Crippen LogP contribution is 2.37. The minimum absolute atomic E-state index is 0.000256. The van der Waals surface area contributed by atoms with Gasteiger partial charge in [0.05, 0.1) is 16.8 Å². The predicted molar refractivity (Wildman–Crippen MR) is 132 cm³/mol. The van der Waals surface area contributed by atoms with E-state index in [2.05, 4.69) is 5.43 Å². The molecule has 0 saturated carbocycles. The van der Waals surface area contributed by atoms with E-state index in [1.54, 1.807) is 24.3 Å². The quantitative estimate of drug-likeness (QED) is 0.406. The molecule has 1 fully saturated rings. The minimum atomic E-state index is -0.316. The number of nitrogens with one attached hydrogen (secondary N) is 1. The fourth-order valence-electron chi connectivity index (χ4n) is 3.79. The number of rotatable bonds is 5. The first kappa shape index (κ1) is 21.8. The van der Waals surface area contributed by atoms with Gasteiger partial charge in [0, 0.05) is 15.6 Å². The zero-order chi connectivity index (χ0) is 22.9. The Morgan fingerprint density at radius 2 is 1.67 bits per heavy atom. The SMILES string of the molecule is O=C(Cn1c(-c2ccc(Cl)cc2)nc2ccccc21)NN1C(=O)CSC1c1ccc(Cl)cc1. The van der Waals surface area contributed by atoms with Crippen molar-refractivity contribution in [3.05, 3.63) is 88.4 Å². The molecule has 6 nitrogen and oxygen atoms in total. The first-order valence-electron chi connectivity index (χ1n) is 10.2. The molecule has 0 radical (unpaired) electrons. The van der Waals surface area contributed by atoms with Crippen molar-refractivity contribution in [2.75, 3.05) is 5.75 Å². The number of halogens is 2. The van der Waals surface area contributed by atoms with Crippen LogP contribution >= 0.6 is 35.0 Å². The monoisotopic (exact) mass is 496 g/mol. The summed E-state index contributed by atoms with van der Waals surface area (Å²) >= 11 is 13.5. The number of nitrogens with zero attached hydrogens (tertiary/aromatic N) is 3. The standard InChI is InChI=1S/C24H18Cl2N4O2S/c25-17-9-5-15(6-10-17)23-27-19-3-1-2-4-20(19)29(23)13-21(31)28-30-22(32)14-33-24(30)16-7-11-18(26)12-8-16/h1-12,24H,13-14H2,(H,28,31). The molecule has 166 valence electrons. The summed E-state index contributed by atoms with van der Waals surface area (Å²) in [5, 5.41) is 2.33. The first-order chi connectivity index (χ1) is 16.0. The van der Waals surface area contributed by atoms with E-state index in [0.717, 1.165) is 22.2 Å². The van der Waals surface area contributed by atoms with Crippen molar-refractivity contribution in [2.45, 2.75) is 11.9 Å². The molecule has 9 heteroatoms. The number of thioether (sulfide) groups is 1. The summed E-state index contributed by atoms with van der Waals surface area (Å²) in [6, 6.07) is 22.2. The normalized spacial score (nSPS) is 15.9. The summed E-state index contributed by atoms with van der Waals surface area (Å²) in [6.45, 7) is 0.000256. The van der Waals surface area contributed by atoms with Crippen LogP contribution in [0.25, 0.3) is 22.4 Å². The minimum Gasteiger partial charge on any atom is -0.314 e. The molecular formula is C24H18Cl2N4O2S. The van der Waals surface area contributed by atoms with Gasteiger partial charge in [0.25, 0.3) is 11.8 Å². The number of amides is 2. The lowest BCUT2D eigenvalue weighted by atomic mass is 10.2. The number of para-hydroxylation sites is 2. The van der Waals surface area contributed by atoms with Crippen LogP contribution in [-0.4, -0.2) is 32.1 Å². The average Bonchev–Trinajstić information content (AvgIpc) is 3.36. The number of hydrazine groups is 1. The van der Waals surface area contributed by atoms with Crippen molar-refractivity contribution in [1.29, 1.82) is 0 Å². The van der Waals surface area contributed by atoms with E-state index in [1.807, 2.05) is 53.1 Å². The maximum absolute atomic E-state index is 13.1. The van der Waals surface area contributed by atoms with E-state index < -0.39 is 0 Å². The van der Waals surface area contributed by atoms with Gasteiger partial charge in [-0.25, -0.2) is 9.99 Å². The third-order valence-corrected chi connectivity index (χ3v) is 7.04. The number of imidazole rings is 1. The molecule has 0 spiro atoms. The molecule has 1 unspecified atom stereocenters. The highest BCUT2D eigenvalue weighted by Gasteiger charge is 2.34. The summed E-state index contributed by atoms with van der Waals surface area (Å²) in [7, 11) is 0. The maximum atomic E-state index is 13.1. The molecule has 1 aliphatic rings. The Morgan fingerprint density at radius 1 is 1.00 bits per heavy atom. The largest absolute Gasteiger partial charge is 0.314 e. The highest BCUT2D eigenvalue weighted by atomic mass is 35.5. The molecule has 2 heterocycles. The molecule has 0 aliphatic carbocycles. The van der Waals surface area contributed by atoms with E-state index in [-0.39, 0.29) is 29.5 Å². The van der Waals surface area contributed by atoms with Crippen LogP contribution in [0.1, 0.15) is 10.9 Å². The second-order valence-corrected chi connectivity index (χ2v) is 9.47. The van der Waals surface area contributed by atoms with Crippen molar-refractivity contribution in [3.8, 4) is 11.4 Å². The average molecular weight is 497 g/mol. The van der Waals surface area contributed by atoms with Crippen LogP contribution in [0.15, 0.2) is 72.8 Å². The molecule has 1 N–H and O–H groups in total. The van der Waals surface area contributed by atoms with Crippen molar-refractivity contribution in [3.63, 3.8) is 0 Å². The topological polar surface area (TPSA) is 67.2 Å². The summed E-state index contributed by atoms with van der Waals surface area (Å²) in [5.41, 5.74) is 6.15. The summed E-state index contributed by atoms with van der Waals surface area (Å²) in [4.78, 5) is 30.4. The maximum Gasteiger partial charge on any atom is 0.258 e. The molecule has 0 bridgehead atoms. The van der Waals surface area contributed by atoms with Crippen molar-refractivity contribution >= 4 is 57.8 Å². The van der Waals surface area contributed by atoms with Crippen LogP contribution in [0.4, 0.5) is 0 Å². The van der Waals surface area contributed by atoms with E-state index in [1.165, 1.54) is 16.8 Å². The molecular weight excluding hydrogens is 479 g/mol. The van der Waals surface area contributed by atoms with Crippen LogP contribution in [0, 0.1) is 0 Å². The Kier molecular flexibility index (Phi) is 6.01. The van der Waals surface area contributed by atoms with E-state index in [0.29, 0.717) is 15.9 Å². The van der Waals surface area contributed by atoms with E-state index >= 15 is 0 Å². The van der Waals surface area contributed by atoms with Crippen LogP contribution in [-0.2, 0) is 16.1 Å². The number of carbonyl (C=O) groups is 2. The molecule has 1 saturated heterocycles. The van der Waals surface area contributed by atoms with Gasteiger partial charge in [-0.05, 0) is 54.1 Å². The lowest BCUT2D eigenvalue weighted by Crippen LogP contribution is -2.45. The Labute approximate surface area is 204 Å². The third-order valence-electron chi connectivity index (χ3n) is 5.33. The number of aromatic nitrogens is 2. The van der Waals surface area contributed by atoms with Gasteiger partial charge in [-0.3, -0.25) is 15.0 Å². The molecule has 2 amide bonds. The second-order valence-electron chi connectivity index (χ2n) is 7.53. The van der Waals surface area contributed by atoms with Gasteiger partial charge in [0.1, 0.15) is 17.7 Å². The van der Waals surface area contributed by atoms with Crippen molar-refractivity contribution < 1.29 is 9.59 Å². The van der Waals surface area contributed by atoms with Gasteiger partial charge >= 0.3 is 0 Å². The Bertz CT molecular complexity index is 1340. The van der Waals surface area contributed by atoms with Gasteiger partial charge in [-0.2, -0.15) is 0 Å². The van der Waals surface area contributed by atoms with Gasteiger partial charge < -0.3 is 4.57 Å². The summed E-state index contributed by atoms with van der Waals surface area (Å²) in [5.74, 6) is 0.474. The fourth-order valence-corrected chi connectivity index (χ4v) is 5.15. The zero-order valence-electron chi connectivity index (χ0n) is 17.2. The lowest BCUT2D eigenvalue weighted by Gasteiger charge is -2.25. The van der Waals surface area contributed by atoms with Crippen LogP contribution < -0.4 is 5.43 Å². The van der Waals surface area contributed by atoms with Crippen molar-refractivity contribution in [2.24, 2.45) is 0 Å². The molecule has 3 aromatic carbocycles. The zero-order valence-corrected chi connectivity index (χ0v) is 19.6. The van der Waals surface area contributed by atoms with Gasteiger partial charge in [0.2, 0.25) is 0 Å². The summed E-state index contributed by atoms with van der Waals surface area (Å²) < 4.78 is 1.85. The Balaban J connectivity index is 1.43. The lowest BCUT2D eigenvalue weighted by molar-refractivity contribution is -0.139. The van der Waals surface area contributed by atoms with E-state index in [9.17, 15) is 9.59 Å². The van der Waals surface area contributed by atoms with Crippen LogP contribution in [0.5, 0.6) is 0 Å². The number of carbonyl (C=O) groups excluding carboxylic acids is 2. The second kappa shape index (κ2) is 9.09. The molecule has 1 aliphatic heterocycles. The Morgan fingerprint density at radius 3 is 2.39 bits per heavy atom. The number of hydrogen-bond acceptors (Lipinski definition) is 4. The number of fused-ring (bicyclic) bond motifs is 1. The molecule has 4 aromatic rings.